The first kappa shape index (κ1) is 11.5. The van der Waals surface area contributed by atoms with Gasteiger partial charge in [0.25, 0.3) is 0 Å². The van der Waals surface area contributed by atoms with Crippen LogP contribution in [-0.2, 0) is 0 Å². The van der Waals surface area contributed by atoms with E-state index in [4.69, 9.17) is 0 Å². The molecule has 0 bridgehead atoms. The monoisotopic (exact) mass is 256 g/mol. The molecule has 3 heteroatoms. The van der Waals surface area contributed by atoms with Crippen LogP contribution in [0.2, 0.25) is 0 Å². The molecule has 0 fully saturated rings. The van der Waals surface area contributed by atoms with Crippen molar-refractivity contribution in [2.45, 2.75) is 27.2 Å². The largest absolute Gasteiger partial charge is 0.371 e. The number of hydrogen-bond acceptors (Lipinski definition) is 2. The van der Waals surface area contributed by atoms with Gasteiger partial charge in [0.2, 0.25) is 0 Å². The van der Waals surface area contributed by atoms with Crippen LogP contribution in [0.15, 0.2) is 16.7 Å². The van der Waals surface area contributed by atoms with Crippen molar-refractivity contribution in [1.82, 2.24) is 4.98 Å². The minimum atomic E-state index is 1.04. The van der Waals surface area contributed by atoms with Gasteiger partial charge in [-0.25, -0.2) is 0 Å². The molecule has 0 aromatic carbocycles. The summed E-state index contributed by atoms with van der Waals surface area (Å²) in [6, 6.07) is 2.07. The van der Waals surface area contributed by atoms with Gasteiger partial charge in [-0.15, -0.1) is 0 Å². The number of hydrogen-bond donors (Lipinski definition) is 0. The van der Waals surface area contributed by atoms with Gasteiger partial charge in [-0.3, -0.25) is 4.98 Å². The Hall–Kier alpha value is -0.570. The average Bonchev–Trinajstić information content (AvgIpc) is 2.19. The fraction of sp³-hybridized carbons (Fsp3) is 0.545. The number of rotatable bonds is 4. The fourth-order valence-corrected chi connectivity index (χ4v) is 1.98. The van der Waals surface area contributed by atoms with E-state index in [0.29, 0.717) is 0 Å². The van der Waals surface area contributed by atoms with Crippen molar-refractivity contribution in [2.75, 3.05) is 18.0 Å². The lowest BCUT2D eigenvalue weighted by molar-refractivity contribution is 0.788. The second-order valence-corrected chi connectivity index (χ2v) is 4.10. The van der Waals surface area contributed by atoms with Crippen LogP contribution in [0.1, 0.15) is 26.0 Å². The molecular weight excluding hydrogens is 240 g/mol. The van der Waals surface area contributed by atoms with Gasteiger partial charge in [-0.05, 0) is 42.3 Å². The van der Waals surface area contributed by atoms with Crippen molar-refractivity contribution in [3.8, 4) is 0 Å². The maximum Gasteiger partial charge on any atom is 0.0621 e. The van der Waals surface area contributed by atoms with E-state index in [-0.39, 0.29) is 0 Å². The number of halogens is 1. The lowest BCUT2D eigenvalue weighted by atomic mass is 10.3. The number of aryl methyl sites for hydroxylation is 1. The third kappa shape index (κ3) is 2.47. The molecule has 0 spiro atoms. The normalized spacial score (nSPS) is 10.3. The topological polar surface area (TPSA) is 16.1 Å². The predicted octanol–water partition coefficient (Wildman–Crippen LogP) is 3.39. The van der Waals surface area contributed by atoms with Crippen LogP contribution in [0.3, 0.4) is 0 Å². The molecule has 2 nitrogen and oxygen atoms in total. The Labute approximate surface area is 94.5 Å². The molecule has 0 saturated heterocycles. The Morgan fingerprint density at radius 2 is 2.14 bits per heavy atom. The Morgan fingerprint density at radius 1 is 1.43 bits per heavy atom. The minimum Gasteiger partial charge on any atom is -0.371 e. The average molecular weight is 257 g/mol. The molecule has 0 aliphatic carbocycles. The minimum absolute atomic E-state index is 1.04. The van der Waals surface area contributed by atoms with Gasteiger partial charge < -0.3 is 4.90 Å². The lowest BCUT2D eigenvalue weighted by Gasteiger charge is -2.24. The molecule has 0 atom stereocenters. The zero-order chi connectivity index (χ0) is 10.6. The molecular formula is C11H17BrN2. The highest BCUT2D eigenvalue weighted by molar-refractivity contribution is 9.10. The highest BCUT2D eigenvalue weighted by atomic mass is 79.9. The van der Waals surface area contributed by atoms with E-state index >= 15 is 0 Å². The Morgan fingerprint density at radius 3 is 2.71 bits per heavy atom. The van der Waals surface area contributed by atoms with E-state index in [2.05, 4.69) is 45.7 Å². The van der Waals surface area contributed by atoms with Crippen LogP contribution in [-0.4, -0.2) is 18.1 Å². The molecule has 0 N–H and O–H groups in total. The molecule has 0 unspecified atom stereocenters. The summed E-state index contributed by atoms with van der Waals surface area (Å²) in [4.78, 5) is 6.60. The van der Waals surface area contributed by atoms with Crippen molar-refractivity contribution in [3.05, 3.63) is 22.4 Å². The van der Waals surface area contributed by atoms with Gasteiger partial charge in [0, 0.05) is 19.3 Å². The standard InChI is InChI=1S/C11H17BrN2/c1-4-8-14(5-2)10-6-7-13-9(3)11(10)12/h6-7H,4-5,8H2,1-3H3. The molecule has 1 aromatic rings. The quantitative estimate of drug-likeness (QED) is 0.821. The highest BCUT2D eigenvalue weighted by Crippen LogP contribution is 2.27. The molecule has 14 heavy (non-hydrogen) atoms. The molecule has 78 valence electrons. The van der Waals surface area contributed by atoms with E-state index in [0.717, 1.165) is 23.3 Å². The maximum absolute atomic E-state index is 4.24. The van der Waals surface area contributed by atoms with Crippen LogP contribution in [0.4, 0.5) is 5.69 Å². The van der Waals surface area contributed by atoms with Crippen molar-refractivity contribution in [3.63, 3.8) is 0 Å². The smallest absolute Gasteiger partial charge is 0.0621 e. The van der Waals surface area contributed by atoms with E-state index in [1.165, 1.54) is 12.1 Å². The molecule has 0 aliphatic heterocycles. The number of aromatic nitrogens is 1. The van der Waals surface area contributed by atoms with Gasteiger partial charge in [-0.1, -0.05) is 6.92 Å². The van der Waals surface area contributed by atoms with E-state index in [1.54, 1.807) is 0 Å². The number of pyridine rings is 1. The van der Waals surface area contributed by atoms with E-state index in [1.807, 2.05) is 13.1 Å². The third-order valence-corrected chi connectivity index (χ3v) is 3.24. The number of nitrogens with zero attached hydrogens (tertiary/aromatic N) is 2. The molecule has 0 radical (unpaired) electrons. The summed E-state index contributed by atoms with van der Waals surface area (Å²) in [7, 11) is 0. The Kier molecular flexibility index (Phi) is 4.39. The molecule has 0 saturated carbocycles. The second-order valence-electron chi connectivity index (χ2n) is 3.31. The second kappa shape index (κ2) is 5.35. The first-order chi connectivity index (χ1) is 6.70. The van der Waals surface area contributed by atoms with Crippen LogP contribution in [0, 0.1) is 6.92 Å². The van der Waals surface area contributed by atoms with Gasteiger partial charge in [-0.2, -0.15) is 0 Å². The number of anilines is 1. The lowest BCUT2D eigenvalue weighted by Crippen LogP contribution is -2.24. The third-order valence-electron chi connectivity index (χ3n) is 2.26. The van der Waals surface area contributed by atoms with Gasteiger partial charge in [0.05, 0.1) is 15.9 Å². The summed E-state index contributed by atoms with van der Waals surface area (Å²) in [5.74, 6) is 0. The first-order valence-corrected chi connectivity index (χ1v) is 5.86. The fourth-order valence-electron chi connectivity index (χ4n) is 1.50. The molecule has 1 rings (SSSR count). The molecule has 0 amide bonds. The van der Waals surface area contributed by atoms with Crippen molar-refractivity contribution in [1.29, 1.82) is 0 Å². The SMILES string of the molecule is CCCN(CC)c1ccnc(C)c1Br. The van der Waals surface area contributed by atoms with Crippen molar-refractivity contribution >= 4 is 21.6 Å². The first-order valence-electron chi connectivity index (χ1n) is 5.06. The summed E-state index contributed by atoms with van der Waals surface area (Å²) < 4.78 is 1.12. The van der Waals surface area contributed by atoms with E-state index < -0.39 is 0 Å². The van der Waals surface area contributed by atoms with E-state index in [9.17, 15) is 0 Å². The highest BCUT2D eigenvalue weighted by Gasteiger charge is 2.08. The summed E-state index contributed by atoms with van der Waals surface area (Å²) in [6.07, 6.45) is 3.04. The molecule has 0 aliphatic rings. The van der Waals surface area contributed by atoms with Gasteiger partial charge in [0.1, 0.15) is 0 Å². The van der Waals surface area contributed by atoms with Crippen LogP contribution < -0.4 is 4.90 Å². The van der Waals surface area contributed by atoms with Crippen LogP contribution in [0.25, 0.3) is 0 Å². The Balaban J connectivity index is 2.97. The summed E-state index contributed by atoms with van der Waals surface area (Å²) in [5.41, 5.74) is 2.30. The summed E-state index contributed by atoms with van der Waals surface area (Å²) >= 11 is 3.59. The van der Waals surface area contributed by atoms with Crippen molar-refractivity contribution in [2.24, 2.45) is 0 Å². The molecule has 1 aromatic heterocycles. The summed E-state index contributed by atoms with van der Waals surface area (Å²) in [6.45, 7) is 8.53. The van der Waals surface area contributed by atoms with Crippen molar-refractivity contribution < 1.29 is 0 Å². The van der Waals surface area contributed by atoms with Crippen LogP contribution in [0.5, 0.6) is 0 Å². The Bertz CT molecular complexity index is 299. The zero-order valence-electron chi connectivity index (χ0n) is 9.05. The summed E-state index contributed by atoms with van der Waals surface area (Å²) in [5, 5.41) is 0. The van der Waals surface area contributed by atoms with Crippen LogP contribution >= 0.6 is 15.9 Å². The van der Waals surface area contributed by atoms with Gasteiger partial charge in [0.15, 0.2) is 0 Å². The zero-order valence-corrected chi connectivity index (χ0v) is 10.6. The van der Waals surface area contributed by atoms with Gasteiger partial charge >= 0.3 is 0 Å². The molecule has 1 heterocycles. The predicted molar refractivity (Wildman–Crippen MR) is 64.9 cm³/mol. The maximum atomic E-state index is 4.24.